The van der Waals surface area contributed by atoms with Crippen LogP contribution in [0, 0.1) is 13.8 Å². The smallest absolute Gasteiger partial charge is 0.222 e. The highest BCUT2D eigenvalue weighted by atomic mass is 79.9. The number of likely N-dealkylation sites (tertiary alicyclic amines) is 1. The van der Waals surface area contributed by atoms with Gasteiger partial charge in [0.05, 0.1) is 0 Å². The molecule has 1 aromatic rings. The number of aromatic nitrogens is 2. The Kier molecular flexibility index (Phi) is 5.96. The van der Waals surface area contributed by atoms with Crippen LogP contribution in [-0.4, -0.2) is 45.3 Å². The van der Waals surface area contributed by atoms with Gasteiger partial charge >= 0.3 is 0 Å². The summed E-state index contributed by atoms with van der Waals surface area (Å²) in [5.74, 6) is 1.62. The van der Waals surface area contributed by atoms with Gasteiger partial charge in [-0.3, -0.25) is 4.79 Å². The molecule has 0 aliphatic carbocycles. The van der Waals surface area contributed by atoms with E-state index in [9.17, 15) is 4.79 Å². The molecule has 21 heavy (non-hydrogen) atoms. The number of ether oxygens (including phenoxy) is 1. The van der Waals surface area contributed by atoms with Crippen molar-refractivity contribution in [3.05, 3.63) is 17.6 Å². The van der Waals surface area contributed by atoms with Crippen molar-refractivity contribution in [3.63, 3.8) is 0 Å². The zero-order valence-corrected chi connectivity index (χ0v) is 14.2. The Balaban J connectivity index is 1.82. The predicted octanol–water partition coefficient (Wildman–Crippen LogP) is 2.64. The van der Waals surface area contributed by atoms with Crippen molar-refractivity contribution in [2.45, 2.75) is 45.6 Å². The molecule has 0 radical (unpaired) electrons. The summed E-state index contributed by atoms with van der Waals surface area (Å²) in [7, 11) is 0. The van der Waals surface area contributed by atoms with Crippen molar-refractivity contribution in [2.75, 3.05) is 18.4 Å². The molecule has 0 atom stereocenters. The SMILES string of the molecule is Cc1cc(OC2CCN(C(=O)CCCBr)CC2)nc(C)n1. The van der Waals surface area contributed by atoms with Crippen LogP contribution in [0.25, 0.3) is 0 Å². The summed E-state index contributed by atoms with van der Waals surface area (Å²) in [4.78, 5) is 22.4. The second kappa shape index (κ2) is 7.73. The molecule has 0 unspecified atom stereocenters. The average Bonchev–Trinajstić information content (AvgIpc) is 2.44. The molecule has 1 amide bonds. The maximum Gasteiger partial charge on any atom is 0.222 e. The van der Waals surface area contributed by atoms with Crippen LogP contribution in [0.15, 0.2) is 6.07 Å². The maximum atomic E-state index is 12.0. The van der Waals surface area contributed by atoms with Gasteiger partial charge in [-0.1, -0.05) is 15.9 Å². The van der Waals surface area contributed by atoms with E-state index < -0.39 is 0 Å². The minimum Gasteiger partial charge on any atom is -0.474 e. The van der Waals surface area contributed by atoms with E-state index in [-0.39, 0.29) is 12.0 Å². The molecule has 0 saturated carbocycles. The van der Waals surface area contributed by atoms with E-state index in [4.69, 9.17) is 4.74 Å². The summed E-state index contributed by atoms with van der Waals surface area (Å²) in [5.41, 5.74) is 0.917. The van der Waals surface area contributed by atoms with Crippen LogP contribution in [0.4, 0.5) is 0 Å². The van der Waals surface area contributed by atoms with E-state index >= 15 is 0 Å². The first kappa shape index (κ1) is 16.2. The van der Waals surface area contributed by atoms with E-state index in [0.717, 1.165) is 49.2 Å². The van der Waals surface area contributed by atoms with Crippen LogP contribution in [0.2, 0.25) is 0 Å². The molecule has 1 aliphatic heterocycles. The summed E-state index contributed by atoms with van der Waals surface area (Å²) in [6.45, 7) is 5.35. The fraction of sp³-hybridized carbons (Fsp3) is 0.667. The van der Waals surface area contributed by atoms with Crippen molar-refractivity contribution in [2.24, 2.45) is 0 Å². The van der Waals surface area contributed by atoms with E-state index in [1.807, 2.05) is 24.8 Å². The normalized spacial score (nSPS) is 16.0. The third kappa shape index (κ3) is 4.95. The van der Waals surface area contributed by atoms with E-state index in [1.165, 1.54) is 0 Å². The molecule has 116 valence electrons. The number of aryl methyl sites for hydroxylation is 2. The summed E-state index contributed by atoms with van der Waals surface area (Å²) < 4.78 is 5.93. The molecule has 2 heterocycles. The molecule has 0 spiro atoms. The molecule has 5 nitrogen and oxygen atoms in total. The summed E-state index contributed by atoms with van der Waals surface area (Å²) in [5, 5.41) is 0.880. The third-order valence-corrected chi connectivity index (χ3v) is 4.11. The van der Waals surface area contributed by atoms with Crippen LogP contribution in [0.1, 0.15) is 37.2 Å². The molecular weight excluding hydrogens is 334 g/mol. The molecule has 1 fully saturated rings. The largest absolute Gasteiger partial charge is 0.474 e. The Morgan fingerprint density at radius 1 is 1.38 bits per heavy atom. The Bertz CT molecular complexity index is 468. The van der Waals surface area contributed by atoms with Gasteiger partial charge in [-0.05, 0) is 20.3 Å². The molecule has 1 saturated heterocycles. The Hall–Kier alpha value is -1.17. The first-order chi connectivity index (χ1) is 10.1. The van der Waals surface area contributed by atoms with Crippen molar-refractivity contribution in [1.82, 2.24) is 14.9 Å². The molecule has 0 bridgehead atoms. The maximum absolute atomic E-state index is 12.0. The summed E-state index contributed by atoms with van der Waals surface area (Å²) in [6, 6.07) is 1.86. The number of carbonyl (C=O) groups is 1. The minimum absolute atomic E-state index is 0.138. The highest BCUT2D eigenvalue weighted by Gasteiger charge is 2.23. The molecule has 2 rings (SSSR count). The number of piperidine rings is 1. The van der Waals surface area contributed by atoms with Crippen LogP contribution in [0.5, 0.6) is 5.88 Å². The molecular formula is C15H22BrN3O2. The molecule has 0 aromatic carbocycles. The van der Waals surface area contributed by atoms with Crippen molar-refractivity contribution in [3.8, 4) is 5.88 Å². The monoisotopic (exact) mass is 355 g/mol. The zero-order valence-electron chi connectivity index (χ0n) is 12.6. The standard InChI is InChI=1S/C15H22BrN3O2/c1-11-10-14(18-12(2)17-11)21-13-5-8-19(9-6-13)15(20)4-3-7-16/h10,13H,3-9H2,1-2H3. The van der Waals surface area contributed by atoms with Crippen LogP contribution in [0.3, 0.4) is 0 Å². The minimum atomic E-state index is 0.138. The van der Waals surface area contributed by atoms with Gasteiger partial charge in [-0.15, -0.1) is 0 Å². The number of amides is 1. The van der Waals surface area contributed by atoms with Gasteiger partial charge in [0.15, 0.2) is 0 Å². The number of hydrogen-bond acceptors (Lipinski definition) is 4. The van der Waals surface area contributed by atoms with Crippen LogP contribution in [-0.2, 0) is 4.79 Å². The number of alkyl halides is 1. The van der Waals surface area contributed by atoms with Gasteiger partial charge in [0.1, 0.15) is 11.9 Å². The number of halogens is 1. The fourth-order valence-electron chi connectivity index (χ4n) is 2.51. The van der Waals surface area contributed by atoms with Gasteiger partial charge in [0.2, 0.25) is 11.8 Å². The summed E-state index contributed by atoms with van der Waals surface area (Å²) >= 11 is 3.36. The number of rotatable bonds is 5. The molecule has 1 aliphatic rings. The highest BCUT2D eigenvalue weighted by Crippen LogP contribution is 2.18. The van der Waals surface area contributed by atoms with Gasteiger partial charge in [-0.25, -0.2) is 4.98 Å². The number of carbonyl (C=O) groups excluding carboxylic acids is 1. The first-order valence-electron chi connectivity index (χ1n) is 7.41. The Labute approximate surface area is 134 Å². The van der Waals surface area contributed by atoms with E-state index in [2.05, 4.69) is 25.9 Å². The van der Waals surface area contributed by atoms with Crippen molar-refractivity contribution in [1.29, 1.82) is 0 Å². The zero-order chi connectivity index (χ0) is 15.2. The third-order valence-electron chi connectivity index (χ3n) is 3.55. The number of nitrogens with zero attached hydrogens (tertiary/aromatic N) is 3. The van der Waals surface area contributed by atoms with Gasteiger partial charge < -0.3 is 9.64 Å². The summed E-state index contributed by atoms with van der Waals surface area (Å²) in [6.07, 6.45) is 3.39. The fourth-order valence-corrected chi connectivity index (χ4v) is 2.79. The lowest BCUT2D eigenvalue weighted by Crippen LogP contribution is -2.41. The van der Waals surface area contributed by atoms with Gasteiger partial charge in [0, 0.05) is 49.4 Å². The van der Waals surface area contributed by atoms with Crippen molar-refractivity contribution >= 4 is 21.8 Å². The topological polar surface area (TPSA) is 55.3 Å². The molecule has 0 N–H and O–H groups in total. The average molecular weight is 356 g/mol. The first-order valence-corrected chi connectivity index (χ1v) is 8.53. The lowest BCUT2D eigenvalue weighted by Gasteiger charge is -2.32. The molecule has 1 aromatic heterocycles. The van der Waals surface area contributed by atoms with Crippen LogP contribution < -0.4 is 4.74 Å². The molecule has 6 heteroatoms. The quantitative estimate of drug-likeness (QED) is 0.761. The second-order valence-corrected chi connectivity index (χ2v) is 6.18. The highest BCUT2D eigenvalue weighted by molar-refractivity contribution is 9.09. The number of hydrogen-bond donors (Lipinski definition) is 0. The lowest BCUT2D eigenvalue weighted by atomic mass is 10.1. The Morgan fingerprint density at radius 2 is 2.10 bits per heavy atom. The predicted molar refractivity (Wildman–Crippen MR) is 84.8 cm³/mol. The Morgan fingerprint density at radius 3 is 2.71 bits per heavy atom. The second-order valence-electron chi connectivity index (χ2n) is 5.39. The van der Waals surface area contributed by atoms with Gasteiger partial charge in [0.25, 0.3) is 0 Å². The van der Waals surface area contributed by atoms with Crippen LogP contribution >= 0.6 is 15.9 Å². The van der Waals surface area contributed by atoms with E-state index in [0.29, 0.717) is 12.3 Å². The van der Waals surface area contributed by atoms with Crippen molar-refractivity contribution < 1.29 is 9.53 Å². The van der Waals surface area contributed by atoms with E-state index in [1.54, 1.807) is 0 Å². The van der Waals surface area contributed by atoms with Gasteiger partial charge in [-0.2, -0.15) is 4.98 Å². The lowest BCUT2D eigenvalue weighted by molar-refractivity contribution is -0.133.